The van der Waals surface area contributed by atoms with E-state index >= 15 is 0 Å². The van der Waals surface area contributed by atoms with Gasteiger partial charge < -0.3 is 20.7 Å². The molecule has 1 fully saturated rings. The van der Waals surface area contributed by atoms with Crippen LogP contribution < -0.4 is 16.0 Å². The van der Waals surface area contributed by atoms with Crippen molar-refractivity contribution in [2.24, 2.45) is 5.92 Å². The van der Waals surface area contributed by atoms with Crippen LogP contribution in [0.15, 0.2) is 0 Å². The van der Waals surface area contributed by atoms with Crippen LogP contribution >= 0.6 is 23.5 Å². The van der Waals surface area contributed by atoms with Crippen LogP contribution in [0.1, 0.15) is 92.8 Å². The van der Waals surface area contributed by atoms with Gasteiger partial charge in [-0.15, -0.1) is 11.8 Å². The highest BCUT2D eigenvalue weighted by Gasteiger charge is 2.38. The molecule has 14 heteroatoms. The standard InChI is InChI=1S/C31H50N4O8S2/c1-21(30(42)34-22(2)24(37)13-18-44-16-8-6-5-7-15-36)19-25(38)23(3)33-28(40)12-10-17-45-26-20-29(41)35(31(26)43)14-9-11-27(39)32-4/h15,21-23,26H,5-14,16-20H2,1-4H3,(H,32,39)(H,33,40)(H,34,42)/i15D. The molecule has 4 atom stereocenters. The average Bonchev–Trinajstić information content (AvgIpc) is 3.27. The van der Waals surface area contributed by atoms with Gasteiger partial charge in [0.1, 0.15) is 7.63 Å². The van der Waals surface area contributed by atoms with E-state index in [-0.39, 0.29) is 73.8 Å². The highest BCUT2D eigenvalue weighted by molar-refractivity contribution is 8.00. The van der Waals surface area contributed by atoms with Crippen molar-refractivity contribution in [3.8, 4) is 0 Å². The maximum atomic E-state index is 12.7. The Balaban J connectivity index is 2.26. The molecule has 0 aromatic rings. The molecule has 45 heavy (non-hydrogen) atoms. The van der Waals surface area contributed by atoms with Crippen LogP contribution in [0.4, 0.5) is 0 Å². The zero-order valence-corrected chi connectivity index (χ0v) is 28.6. The molecule has 1 rings (SSSR count). The van der Waals surface area contributed by atoms with Crippen LogP contribution in [0.25, 0.3) is 0 Å². The van der Waals surface area contributed by atoms with Crippen molar-refractivity contribution < 1.29 is 39.7 Å². The number of imide groups is 1. The van der Waals surface area contributed by atoms with Gasteiger partial charge in [0.25, 0.3) is 0 Å². The molecular weight excluding hydrogens is 620 g/mol. The van der Waals surface area contributed by atoms with Crippen LogP contribution in [-0.4, -0.2) is 100 Å². The predicted octanol–water partition coefficient (Wildman–Crippen LogP) is 2.21. The summed E-state index contributed by atoms with van der Waals surface area (Å²) < 4.78 is 6.88. The Morgan fingerprint density at radius 3 is 2.27 bits per heavy atom. The van der Waals surface area contributed by atoms with Gasteiger partial charge >= 0.3 is 0 Å². The summed E-state index contributed by atoms with van der Waals surface area (Å²) >= 11 is 2.95. The second-order valence-corrected chi connectivity index (χ2v) is 13.7. The molecule has 0 aliphatic carbocycles. The number of nitrogens with zero attached hydrogens (tertiary/aromatic N) is 1. The van der Waals surface area contributed by atoms with Crippen molar-refractivity contribution in [1.82, 2.24) is 20.9 Å². The van der Waals surface area contributed by atoms with Gasteiger partial charge in [0.15, 0.2) is 11.6 Å². The van der Waals surface area contributed by atoms with Gasteiger partial charge in [0, 0.05) is 63.8 Å². The van der Waals surface area contributed by atoms with Crippen molar-refractivity contribution in [2.75, 3.05) is 30.9 Å². The SMILES string of the molecule is [2H]C(=O)CCCCCSCCC(=O)C(C)NC(=O)C(C)CC(=O)C(C)NC(=O)CCCSC1CC(=O)N(CCCC(=O)NC)C1=O. The van der Waals surface area contributed by atoms with Gasteiger partial charge in [0.05, 0.1) is 17.3 Å². The minimum absolute atomic E-state index is 0.0941. The van der Waals surface area contributed by atoms with Crippen molar-refractivity contribution in [2.45, 2.75) is 109 Å². The van der Waals surface area contributed by atoms with E-state index in [1.165, 1.54) is 23.7 Å². The van der Waals surface area contributed by atoms with E-state index in [1.54, 1.807) is 32.5 Å². The van der Waals surface area contributed by atoms with Crippen molar-refractivity contribution in [1.29, 1.82) is 0 Å². The van der Waals surface area contributed by atoms with E-state index in [1.807, 2.05) is 0 Å². The molecular formula is C31H50N4O8S2. The van der Waals surface area contributed by atoms with Crippen molar-refractivity contribution >= 4 is 70.9 Å². The lowest BCUT2D eigenvalue weighted by atomic mass is 9.99. The summed E-state index contributed by atoms with van der Waals surface area (Å²) in [5.41, 5.74) is 0. The highest BCUT2D eigenvalue weighted by atomic mass is 32.2. The van der Waals surface area contributed by atoms with Gasteiger partial charge in [-0.3, -0.25) is 38.5 Å². The first-order chi connectivity index (χ1) is 21.8. The number of nitrogens with one attached hydrogen (secondary N) is 3. The number of amides is 5. The summed E-state index contributed by atoms with van der Waals surface area (Å²) in [7, 11) is 1.53. The zero-order chi connectivity index (χ0) is 34.6. The molecule has 0 saturated carbocycles. The zero-order valence-electron chi connectivity index (χ0n) is 27.9. The van der Waals surface area contributed by atoms with Gasteiger partial charge in [-0.2, -0.15) is 11.8 Å². The molecule has 4 unspecified atom stereocenters. The van der Waals surface area contributed by atoms with Gasteiger partial charge in [0.2, 0.25) is 29.5 Å². The first kappa shape index (κ1) is 38.4. The summed E-state index contributed by atoms with van der Waals surface area (Å²) in [4.78, 5) is 98.0. The van der Waals surface area contributed by atoms with E-state index in [0.717, 1.165) is 18.6 Å². The Morgan fingerprint density at radius 2 is 1.58 bits per heavy atom. The van der Waals surface area contributed by atoms with Gasteiger partial charge in [-0.1, -0.05) is 13.3 Å². The Kier molecular flexibility index (Phi) is 19.4. The van der Waals surface area contributed by atoms with Crippen LogP contribution in [0, 0.1) is 5.92 Å². The second-order valence-electron chi connectivity index (χ2n) is 11.2. The number of carbonyl (C=O) groups is 8. The number of thioether (sulfide) groups is 2. The number of rotatable bonds is 25. The smallest absolute Gasteiger partial charge is 0.242 e. The molecule has 3 N–H and O–H groups in total. The molecule has 12 nitrogen and oxygen atoms in total. The third-order valence-corrected chi connectivity index (χ3v) is 9.72. The van der Waals surface area contributed by atoms with Crippen molar-refractivity contribution in [3.63, 3.8) is 0 Å². The maximum absolute atomic E-state index is 12.7. The fourth-order valence-electron chi connectivity index (χ4n) is 4.47. The van der Waals surface area contributed by atoms with Crippen LogP contribution in [-0.2, 0) is 38.4 Å². The quantitative estimate of drug-likeness (QED) is 0.0741. The third-order valence-electron chi connectivity index (χ3n) is 7.35. The number of hydrogen-bond acceptors (Lipinski definition) is 10. The summed E-state index contributed by atoms with van der Waals surface area (Å²) in [6.45, 7) is 4.97. The summed E-state index contributed by atoms with van der Waals surface area (Å²) in [6, 6.07) is -1.48. The number of likely N-dealkylation sites (tertiary alicyclic amines) is 1. The molecule has 1 saturated heterocycles. The number of hydrogen-bond donors (Lipinski definition) is 3. The van der Waals surface area contributed by atoms with Crippen LogP contribution in [0.3, 0.4) is 0 Å². The monoisotopic (exact) mass is 671 g/mol. The molecule has 1 heterocycles. The predicted molar refractivity (Wildman–Crippen MR) is 176 cm³/mol. The molecule has 0 aromatic heterocycles. The maximum Gasteiger partial charge on any atom is 0.242 e. The summed E-state index contributed by atoms with van der Waals surface area (Å²) in [5.74, 6) is -0.548. The normalized spacial score (nSPS) is 16.8. The number of aldehydes is 1. The van der Waals surface area contributed by atoms with E-state index in [9.17, 15) is 38.4 Å². The second kappa shape index (κ2) is 22.7. The Labute approximate surface area is 276 Å². The van der Waals surface area contributed by atoms with Crippen LogP contribution in [0.2, 0.25) is 0 Å². The van der Waals surface area contributed by atoms with E-state index in [0.29, 0.717) is 37.2 Å². The largest absolute Gasteiger partial charge is 0.359 e. The molecule has 0 spiro atoms. The molecule has 0 radical (unpaired) electrons. The molecule has 1 aliphatic heterocycles. The number of carbonyl (C=O) groups excluding carboxylic acids is 8. The summed E-state index contributed by atoms with van der Waals surface area (Å²) in [5, 5.41) is 7.32. The minimum Gasteiger partial charge on any atom is -0.359 e. The van der Waals surface area contributed by atoms with E-state index in [2.05, 4.69) is 16.0 Å². The van der Waals surface area contributed by atoms with Crippen LogP contribution in [0.5, 0.6) is 0 Å². The summed E-state index contributed by atoms with van der Waals surface area (Å²) in [6.07, 6.45) is 3.74. The third kappa shape index (κ3) is 16.4. The first-order valence-electron chi connectivity index (χ1n) is 16.2. The number of Topliss-reactive ketones (excluding diaryl/α,β-unsaturated/α-hetero) is 2. The Bertz CT molecular complexity index is 1090. The van der Waals surface area contributed by atoms with E-state index in [4.69, 9.17) is 1.37 Å². The Morgan fingerprint density at radius 1 is 0.889 bits per heavy atom. The number of unbranched alkanes of at least 4 members (excludes halogenated alkanes) is 2. The minimum atomic E-state index is -0.795. The molecule has 254 valence electrons. The van der Waals surface area contributed by atoms with E-state index < -0.39 is 35.4 Å². The molecule has 5 amide bonds. The molecule has 0 aromatic carbocycles. The lowest BCUT2D eigenvalue weighted by Crippen LogP contribution is -2.43. The fourth-order valence-corrected chi connectivity index (χ4v) is 6.55. The Hall–Kier alpha value is -2.74. The highest BCUT2D eigenvalue weighted by Crippen LogP contribution is 2.26. The molecule has 1 aliphatic rings. The lowest BCUT2D eigenvalue weighted by molar-refractivity contribution is -0.138. The lowest BCUT2D eigenvalue weighted by Gasteiger charge is -2.18. The van der Waals surface area contributed by atoms with Gasteiger partial charge in [-0.25, -0.2) is 0 Å². The number of ketones is 2. The van der Waals surface area contributed by atoms with Gasteiger partial charge in [-0.05, 0) is 51.0 Å². The topological polar surface area (TPSA) is 176 Å². The average molecular weight is 672 g/mol. The molecule has 0 bridgehead atoms. The first-order valence-corrected chi connectivity index (χ1v) is 17.9. The fraction of sp³-hybridized carbons (Fsp3) is 0.742. The van der Waals surface area contributed by atoms with Crippen molar-refractivity contribution in [3.05, 3.63) is 0 Å².